The fourth-order valence-electron chi connectivity index (χ4n) is 9.42. The molecule has 0 spiro atoms. The van der Waals surface area contributed by atoms with Crippen molar-refractivity contribution >= 4 is 62.1 Å². The fourth-order valence-corrected chi connectivity index (χ4v) is 10.5. The first-order valence-electron chi connectivity index (χ1n) is 21.2. The molecule has 2 aliphatic rings. The molecule has 8 aromatic carbocycles. The van der Waals surface area contributed by atoms with E-state index >= 15 is 0 Å². The van der Waals surface area contributed by atoms with Crippen LogP contribution in [0, 0.1) is 0 Å². The number of hydrogen-bond acceptors (Lipinski definition) is 5. The topological polar surface area (TPSA) is 36.7 Å². The van der Waals surface area contributed by atoms with Crippen molar-refractivity contribution in [1.82, 2.24) is 0 Å². The van der Waals surface area contributed by atoms with Crippen LogP contribution in [0.5, 0.6) is 0 Å². The van der Waals surface area contributed by atoms with Crippen LogP contribution in [0.2, 0.25) is 0 Å². The molecule has 11 rings (SSSR count). The normalized spacial score (nSPS) is 13.6. The highest BCUT2D eigenvalue weighted by Gasteiger charge is 2.38. The molecule has 0 bridgehead atoms. The summed E-state index contributed by atoms with van der Waals surface area (Å²) < 4.78 is 6.18. The quantitative estimate of drug-likeness (QED) is 0.113. The third-order valence-electron chi connectivity index (χ3n) is 12.6. The summed E-state index contributed by atoms with van der Waals surface area (Å²) in [5.41, 5.74) is 17.0. The summed E-state index contributed by atoms with van der Waals surface area (Å²) in [7, 11) is 0. The van der Waals surface area contributed by atoms with Gasteiger partial charge in [-0.3, -0.25) is 4.79 Å². The van der Waals surface area contributed by atoms with Gasteiger partial charge in [0.05, 0.1) is 22.1 Å². The van der Waals surface area contributed by atoms with E-state index in [1.54, 1.807) is 0 Å². The summed E-state index contributed by atoms with van der Waals surface area (Å²) in [6, 6.07) is 61.6. The molecule has 2 heterocycles. The number of nitrogens with zero attached hydrogens (tertiary/aromatic N) is 2. The first-order valence-corrected chi connectivity index (χ1v) is 22.0. The lowest BCUT2D eigenvalue weighted by atomic mass is 9.82. The Bertz CT molecular complexity index is 3400. The van der Waals surface area contributed by atoms with E-state index in [2.05, 4.69) is 164 Å². The van der Waals surface area contributed by atoms with Crippen LogP contribution >= 0.6 is 11.8 Å². The zero-order valence-corrected chi connectivity index (χ0v) is 35.8. The average Bonchev–Trinajstić information content (AvgIpc) is 3.55. The minimum atomic E-state index is -0.110. The van der Waals surface area contributed by atoms with Gasteiger partial charge >= 0.3 is 0 Å². The smallest absolute Gasteiger partial charge is 0.200 e. The molecule has 0 fully saturated rings. The van der Waals surface area contributed by atoms with E-state index in [1.165, 1.54) is 32.0 Å². The Kier molecular flexibility index (Phi) is 9.18. The van der Waals surface area contributed by atoms with E-state index in [0.717, 1.165) is 56.4 Å². The van der Waals surface area contributed by atoms with Gasteiger partial charge in [-0.2, -0.15) is 0 Å². The van der Waals surface area contributed by atoms with Gasteiger partial charge in [-0.1, -0.05) is 142 Å². The van der Waals surface area contributed by atoms with Gasteiger partial charge in [0, 0.05) is 38.0 Å². The summed E-state index contributed by atoms with van der Waals surface area (Å²) in [5, 5.41) is 1.18. The average molecular weight is 831 g/mol. The molecule has 5 heteroatoms. The molecule has 0 saturated heterocycles. The van der Waals surface area contributed by atoms with Gasteiger partial charge in [0.25, 0.3) is 0 Å². The Morgan fingerprint density at radius 2 is 1.24 bits per heavy atom. The molecule has 0 radical (unpaired) electrons. The molecule has 1 aliphatic heterocycles. The van der Waals surface area contributed by atoms with Crippen LogP contribution in [0.1, 0.15) is 25.0 Å². The SMILES string of the molecule is C=C/C=C(\C=C)N(c1ccccc1)c1ccc2c(c1)N(c1ccc(-c3ccc(-c4ccc5c(=O)c6ccccc6oc5c4)cc3)cc1)c1cc3c(cc1S2)C(C)(C)c1ccccc1-3. The van der Waals surface area contributed by atoms with Gasteiger partial charge in [-0.15, -0.1) is 0 Å². The maximum absolute atomic E-state index is 13.2. The van der Waals surface area contributed by atoms with Crippen molar-refractivity contribution in [2.45, 2.75) is 29.1 Å². The van der Waals surface area contributed by atoms with Crippen LogP contribution in [-0.4, -0.2) is 0 Å². The second-order valence-electron chi connectivity index (χ2n) is 16.6. The fraction of sp³-hybridized carbons (Fsp3) is 0.0517. The maximum Gasteiger partial charge on any atom is 0.200 e. The highest BCUT2D eigenvalue weighted by Crippen LogP contribution is 2.58. The van der Waals surface area contributed by atoms with E-state index in [-0.39, 0.29) is 10.8 Å². The second kappa shape index (κ2) is 15.1. The molecule has 0 N–H and O–H groups in total. The Hall–Kier alpha value is -7.60. The highest BCUT2D eigenvalue weighted by molar-refractivity contribution is 7.99. The molecule has 0 atom stereocenters. The van der Waals surface area contributed by atoms with Crippen molar-refractivity contribution in [3.05, 3.63) is 234 Å². The zero-order chi connectivity index (χ0) is 42.8. The van der Waals surface area contributed by atoms with Crippen LogP contribution in [0.25, 0.3) is 55.3 Å². The van der Waals surface area contributed by atoms with Gasteiger partial charge < -0.3 is 14.2 Å². The third-order valence-corrected chi connectivity index (χ3v) is 13.7. The van der Waals surface area contributed by atoms with Crippen molar-refractivity contribution in [2.75, 3.05) is 9.80 Å². The van der Waals surface area contributed by atoms with Crippen LogP contribution in [-0.2, 0) is 5.41 Å². The molecule has 63 heavy (non-hydrogen) atoms. The Morgan fingerprint density at radius 1 is 0.587 bits per heavy atom. The monoisotopic (exact) mass is 830 g/mol. The van der Waals surface area contributed by atoms with Gasteiger partial charge in [0.15, 0.2) is 0 Å². The van der Waals surface area contributed by atoms with Crippen molar-refractivity contribution in [3.8, 4) is 33.4 Å². The van der Waals surface area contributed by atoms with Crippen molar-refractivity contribution in [2.24, 2.45) is 0 Å². The minimum absolute atomic E-state index is 0.0113. The number of fused-ring (bicyclic) bond motifs is 7. The number of anilines is 5. The number of allylic oxidation sites excluding steroid dienone is 3. The zero-order valence-electron chi connectivity index (χ0n) is 35.0. The Balaban J connectivity index is 0.998. The largest absolute Gasteiger partial charge is 0.456 e. The molecule has 302 valence electrons. The summed E-state index contributed by atoms with van der Waals surface area (Å²) in [6.07, 6.45) is 5.69. The molecule has 0 amide bonds. The predicted octanol–water partition coefficient (Wildman–Crippen LogP) is 15.9. The van der Waals surface area contributed by atoms with Crippen LogP contribution < -0.4 is 15.2 Å². The summed E-state index contributed by atoms with van der Waals surface area (Å²) in [4.78, 5) is 20.3. The van der Waals surface area contributed by atoms with Crippen molar-refractivity contribution in [3.63, 3.8) is 0 Å². The number of benzene rings is 8. The number of hydrogen-bond donors (Lipinski definition) is 0. The highest BCUT2D eigenvalue weighted by atomic mass is 32.2. The molecular formula is C58H42N2O2S. The summed E-state index contributed by atoms with van der Waals surface area (Å²) >= 11 is 1.84. The Morgan fingerprint density at radius 3 is 2.00 bits per heavy atom. The lowest BCUT2D eigenvalue weighted by molar-refractivity contribution is 0.658. The van der Waals surface area contributed by atoms with E-state index in [9.17, 15) is 4.79 Å². The summed E-state index contributed by atoms with van der Waals surface area (Å²) in [6.45, 7) is 12.9. The Labute approximate surface area is 371 Å². The minimum Gasteiger partial charge on any atom is -0.456 e. The van der Waals surface area contributed by atoms with Crippen LogP contribution in [0.15, 0.2) is 232 Å². The first kappa shape index (κ1) is 38.3. The lowest BCUT2D eigenvalue weighted by Crippen LogP contribution is -2.19. The molecule has 1 aliphatic carbocycles. The second-order valence-corrected chi connectivity index (χ2v) is 17.7. The van der Waals surface area contributed by atoms with E-state index < -0.39 is 0 Å². The lowest BCUT2D eigenvalue weighted by Gasteiger charge is -2.36. The molecule has 9 aromatic rings. The van der Waals surface area contributed by atoms with E-state index in [0.29, 0.717) is 21.9 Å². The van der Waals surface area contributed by atoms with Crippen molar-refractivity contribution in [1.29, 1.82) is 0 Å². The van der Waals surface area contributed by atoms with Gasteiger partial charge in [-0.25, -0.2) is 0 Å². The number of rotatable bonds is 8. The standard InChI is InChI=1S/C58H42N2O2S/c1-5-14-41(6-2)59(42-15-8-7-9-16-42)44-30-32-55-51(34-44)60(52-35-48-45-17-10-12-19-49(45)58(3,4)50(48)36-56(52)63-55)43-28-25-38(26-29-43)37-21-23-39(24-22-37)40-27-31-47-54(33-40)62-53-20-13-11-18-46(53)57(47)61/h5-36H,1-2H2,3-4H3/b41-14+. The predicted molar refractivity (Wildman–Crippen MR) is 264 cm³/mol. The van der Waals surface area contributed by atoms with E-state index in [4.69, 9.17) is 4.42 Å². The molecular weight excluding hydrogens is 789 g/mol. The van der Waals surface area contributed by atoms with Crippen molar-refractivity contribution < 1.29 is 4.42 Å². The molecule has 4 nitrogen and oxygen atoms in total. The molecule has 1 aromatic heterocycles. The van der Waals surface area contributed by atoms with Crippen LogP contribution in [0.3, 0.4) is 0 Å². The van der Waals surface area contributed by atoms with E-state index in [1.807, 2.05) is 78.5 Å². The molecule has 0 saturated carbocycles. The molecule has 0 unspecified atom stereocenters. The third kappa shape index (κ3) is 6.35. The van der Waals surface area contributed by atoms with Crippen LogP contribution in [0.4, 0.5) is 28.4 Å². The maximum atomic E-state index is 13.2. The number of para-hydroxylation sites is 2. The first-order chi connectivity index (χ1) is 30.8. The summed E-state index contributed by atoms with van der Waals surface area (Å²) in [5.74, 6) is 0. The van der Waals surface area contributed by atoms with Gasteiger partial charge in [0.1, 0.15) is 11.2 Å². The van der Waals surface area contributed by atoms with Gasteiger partial charge in [0.2, 0.25) is 5.43 Å². The van der Waals surface area contributed by atoms with Gasteiger partial charge in [-0.05, 0) is 136 Å².